The van der Waals surface area contributed by atoms with E-state index in [-0.39, 0.29) is 11.3 Å². The van der Waals surface area contributed by atoms with Crippen LogP contribution in [-0.4, -0.2) is 19.0 Å². The van der Waals surface area contributed by atoms with Crippen molar-refractivity contribution in [1.82, 2.24) is 5.32 Å². The van der Waals surface area contributed by atoms with Gasteiger partial charge in [0.15, 0.2) is 0 Å². The van der Waals surface area contributed by atoms with Gasteiger partial charge in [-0.25, -0.2) is 0 Å². The highest BCUT2D eigenvalue weighted by molar-refractivity contribution is 7.16. The van der Waals surface area contributed by atoms with Crippen LogP contribution in [-0.2, 0) is 10.2 Å². The first kappa shape index (κ1) is 13.5. The lowest BCUT2D eigenvalue weighted by atomic mass is 9.91. The third kappa shape index (κ3) is 3.77. The van der Waals surface area contributed by atoms with Crippen LogP contribution < -0.4 is 11.1 Å². The summed E-state index contributed by atoms with van der Waals surface area (Å²) in [5.74, 6) is -0.00164. The van der Waals surface area contributed by atoms with E-state index in [0.29, 0.717) is 19.5 Å². The molecule has 1 heterocycles. The lowest BCUT2D eigenvalue weighted by Crippen LogP contribution is -2.36. The fraction of sp³-hybridized carbons (Fsp3) is 0.545. The molecule has 0 fully saturated rings. The number of carbonyl (C=O) groups is 1. The average Bonchev–Trinajstić information content (AvgIpc) is 2.63. The number of nitrogens with two attached hydrogens (primary N) is 1. The largest absolute Gasteiger partial charge is 0.355 e. The van der Waals surface area contributed by atoms with E-state index in [1.54, 1.807) is 11.3 Å². The highest BCUT2D eigenvalue weighted by Gasteiger charge is 2.23. The Kier molecular flexibility index (Phi) is 4.77. The fourth-order valence-corrected chi connectivity index (χ4v) is 2.45. The van der Waals surface area contributed by atoms with Crippen LogP contribution in [0.4, 0.5) is 0 Å². The van der Waals surface area contributed by atoms with Crippen molar-refractivity contribution in [3.8, 4) is 0 Å². The fourth-order valence-electron chi connectivity index (χ4n) is 1.30. The summed E-state index contributed by atoms with van der Waals surface area (Å²) in [6.07, 6.45) is 0.376. The molecule has 5 heteroatoms. The third-order valence-electron chi connectivity index (χ3n) is 2.34. The topological polar surface area (TPSA) is 55.1 Å². The van der Waals surface area contributed by atoms with Crippen LogP contribution in [0.5, 0.6) is 0 Å². The molecule has 0 aromatic carbocycles. The van der Waals surface area contributed by atoms with E-state index in [1.165, 1.54) is 4.88 Å². The Morgan fingerprint density at radius 2 is 2.25 bits per heavy atom. The molecule has 0 saturated carbocycles. The Morgan fingerprint density at radius 1 is 1.56 bits per heavy atom. The highest BCUT2D eigenvalue weighted by atomic mass is 35.5. The van der Waals surface area contributed by atoms with Crippen LogP contribution in [0.15, 0.2) is 12.1 Å². The molecule has 3 nitrogen and oxygen atoms in total. The number of thiophene rings is 1. The minimum absolute atomic E-state index is 0.00164. The number of rotatable bonds is 5. The lowest BCUT2D eigenvalue weighted by molar-refractivity contribution is -0.121. The van der Waals surface area contributed by atoms with E-state index in [1.807, 2.05) is 12.1 Å². The molecule has 1 rings (SSSR count). The molecule has 0 spiro atoms. The van der Waals surface area contributed by atoms with Crippen molar-refractivity contribution >= 4 is 28.8 Å². The number of nitrogens with one attached hydrogen (secondary N) is 1. The second-order valence-corrected chi connectivity index (χ2v) is 6.02. The van der Waals surface area contributed by atoms with Gasteiger partial charge < -0.3 is 11.1 Å². The van der Waals surface area contributed by atoms with Gasteiger partial charge in [0.25, 0.3) is 0 Å². The monoisotopic (exact) mass is 260 g/mol. The molecule has 0 saturated heterocycles. The van der Waals surface area contributed by atoms with Crippen molar-refractivity contribution in [1.29, 1.82) is 0 Å². The van der Waals surface area contributed by atoms with Gasteiger partial charge in [-0.05, 0) is 12.1 Å². The first-order valence-corrected chi connectivity index (χ1v) is 6.38. The van der Waals surface area contributed by atoms with Crippen LogP contribution in [0.2, 0.25) is 4.34 Å². The van der Waals surface area contributed by atoms with Gasteiger partial charge in [-0.15, -0.1) is 11.3 Å². The molecule has 0 unspecified atom stereocenters. The summed E-state index contributed by atoms with van der Waals surface area (Å²) < 4.78 is 0.774. The zero-order chi connectivity index (χ0) is 12.2. The normalized spacial score (nSPS) is 11.5. The number of hydrogen-bond donors (Lipinski definition) is 2. The molecule has 3 N–H and O–H groups in total. The Labute approximate surface area is 105 Å². The average molecular weight is 261 g/mol. The van der Waals surface area contributed by atoms with E-state index >= 15 is 0 Å². The maximum Gasteiger partial charge on any atom is 0.221 e. The van der Waals surface area contributed by atoms with Gasteiger partial charge >= 0.3 is 0 Å². The zero-order valence-electron chi connectivity index (χ0n) is 9.55. The molecule has 0 aliphatic heterocycles. The van der Waals surface area contributed by atoms with Crippen molar-refractivity contribution in [3.05, 3.63) is 21.3 Å². The van der Waals surface area contributed by atoms with Crippen molar-refractivity contribution in [2.75, 3.05) is 13.1 Å². The van der Waals surface area contributed by atoms with Gasteiger partial charge in [0, 0.05) is 29.8 Å². The second-order valence-electron chi connectivity index (χ2n) is 4.30. The first-order chi connectivity index (χ1) is 7.45. The second kappa shape index (κ2) is 5.66. The molecule has 1 amide bonds. The van der Waals surface area contributed by atoms with E-state index in [0.717, 1.165) is 4.34 Å². The molecule has 90 valence electrons. The summed E-state index contributed by atoms with van der Waals surface area (Å²) >= 11 is 7.44. The Hall–Kier alpha value is -0.580. The van der Waals surface area contributed by atoms with E-state index in [4.69, 9.17) is 17.3 Å². The zero-order valence-corrected chi connectivity index (χ0v) is 11.1. The van der Waals surface area contributed by atoms with E-state index < -0.39 is 0 Å². The molecular formula is C11H17ClN2OS. The van der Waals surface area contributed by atoms with Gasteiger partial charge in [-0.3, -0.25) is 4.79 Å². The van der Waals surface area contributed by atoms with Gasteiger partial charge in [-0.2, -0.15) is 0 Å². The maximum absolute atomic E-state index is 11.3. The quantitative estimate of drug-likeness (QED) is 0.852. The van der Waals surface area contributed by atoms with Gasteiger partial charge in [0.1, 0.15) is 0 Å². The smallest absolute Gasteiger partial charge is 0.221 e. The summed E-state index contributed by atoms with van der Waals surface area (Å²) in [5, 5.41) is 2.88. The molecule has 0 atom stereocenters. The predicted molar refractivity (Wildman–Crippen MR) is 69.0 cm³/mol. The molecule has 1 aromatic heterocycles. The van der Waals surface area contributed by atoms with Crippen LogP contribution in [0.3, 0.4) is 0 Å². The van der Waals surface area contributed by atoms with Crippen molar-refractivity contribution in [2.45, 2.75) is 25.7 Å². The minimum Gasteiger partial charge on any atom is -0.355 e. The van der Waals surface area contributed by atoms with E-state index in [9.17, 15) is 4.79 Å². The summed E-state index contributed by atoms with van der Waals surface area (Å²) in [7, 11) is 0. The van der Waals surface area contributed by atoms with Crippen LogP contribution >= 0.6 is 22.9 Å². The lowest BCUT2D eigenvalue weighted by Gasteiger charge is -2.23. The Bertz CT molecular complexity index is 363. The summed E-state index contributed by atoms with van der Waals surface area (Å²) in [6.45, 7) is 5.15. The number of amides is 1. The SMILES string of the molecule is CC(C)(CNC(=O)CCN)c1ccc(Cl)s1. The van der Waals surface area contributed by atoms with E-state index in [2.05, 4.69) is 19.2 Å². The first-order valence-electron chi connectivity index (χ1n) is 5.18. The molecule has 0 radical (unpaired) electrons. The Balaban J connectivity index is 2.55. The predicted octanol–water partition coefficient (Wildman–Crippen LogP) is 2.14. The van der Waals surface area contributed by atoms with Crippen LogP contribution in [0, 0.1) is 0 Å². The summed E-state index contributed by atoms with van der Waals surface area (Å²) in [6, 6.07) is 3.88. The van der Waals surface area contributed by atoms with Crippen molar-refractivity contribution in [2.24, 2.45) is 5.73 Å². The molecule has 0 bridgehead atoms. The summed E-state index contributed by atoms with van der Waals surface area (Å²) in [4.78, 5) is 12.5. The van der Waals surface area contributed by atoms with Crippen molar-refractivity contribution in [3.63, 3.8) is 0 Å². The van der Waals surface area contributed by atoms with Crippen LogP contribution in [0.1, 0.15) is 25.1 Å². The highest BCUT2D eigenvalue weighted by Crippen LogP contribution is 2.31. The number of hydrogen-bond acceptors (Lipinski definition) is 3. The number of carbonyl (C=O) groups excluding carboxylic acids is 1. The standard InChI is InChI=1S/C11H17ClN2OS/c1-11(2,7-14-10(15)5-6-13)8-3-4-9(12)16-8/h3-4H,5-7,13H2,1-2H3,(H,14,15). The van der Waals surface area contributed by atoms with Crippen molar-refractivity contribution < 1.29 is 4.79 Å². The molecule has 0 aliphatic rings. The number of halogens is 1. The Morgan fingerprint density at radius 3 is 2.75 bits per heavy atom. The molecule has 16 heavy (non-hydrogen) atoms. The maximum atomic E-state index is 11.3. The molecule has 0 aliphatic carbocycles. The molecular weight excluding hydrogens is 244 g/mol. The van der Waals surface area contributed by atoms with Crippen LogP contribution in [0.25, 0.3) is 0 Å². The van der Waals surface area contributed by atoms with Gasteiger partial charge in [-0.1, -0.05) is 25.4 Å². The van der Waals surface area contributed by atoms with Gasteiger partial charge in [0.2, 0.25) is 5.91 Å². The molecule has 1 aromatic rings. The minimum atomic E-state index is -0.0952. The van der Waals surface area contributed by atoms with Gasteiger partial charge in [0.05, 0.1) is 4.34 Å². The summed E-state index contributed by atoms with van der Waals surface area (Å²) in [5.41, 5.74) is 5.21. The third-order valence-corrected chi connectivity index (χ3v) is 3.94.